The number of aliphatic carboxylic acids is 2. The number of amides is 2. The number of rotatable bonds is 9. The van der Waals surface area contributed by atoms with Gasteiger partial charge in [-0.05, 0) is 81.9 Å². The molecule has 4 N–H and O–H groups in total. The molecule has 206 valence electrons. The molecule has 2 aliphatic rings. The molecule has 2 amide bonds. The topological polar surface area (TPSA) is 131 Å². The number of likely N-dealkylation sites (tertiary alicyclic amines) is 1. The summed E-state index contributed by atoms with van der Waals surface area (Å²) >= 11 is 0. The van der Waals surface area contributed by atoms with Crippen LogP contribution in [0, 0.1) is 5.92 Å². The predicted octanol–water partition coefficient (Wildman–Crippen LogP) is 4.70. The van der Waals surface area contributed by atoms with Crippen LogP contribution in [0.25, 0.3) is 0 Å². The second-order valence-corrected chi connectivity index (χ2v) is 10.2. The van der Waals surface area contributed by atoms with Gasteiger partial charge in [-0.15, -0.1) is 0 Å². The van der Waals surface area contributed by atoms with E-state index in [0.29, 0.717) is 29.4 Å². The molecule has 1 fully saturated rings. The highest BCUT2D eigenvalue weighted by Crippen LogP contribution is 2.39. The SMILES string of the molecule is CC1=NC(C)=C(C(=O)O)C(c2cccc(NC(=O)NCCCN3CCC(c4ccccc4)CC3)c2)C1C(=O)O. The van der Waals surface area contributed by atoms with E-state index in [9.17, 15) is 24.6 Å². The van der Waals surface area contributed by atoms with Crippen molar-refractivity contribution in [3.63, 3.8) is 0 Å². The second kappa shape index (κ2) is 12.7. The van der Waals surface area contributed by atoms with Gasteiger partial charge in [-0.2, -0.15) is 0 Å². The average Bonchev–Trinajstić information content (AvgIpc) is 2.91. The number of nitrogens with one attached hydrogen (secondary N) is 2. The van der Waals surface area contributed by atoms with E-state index in [1.807, 2.05) is 6.07 Å². The number of piperidine rings is 1. The van der Waals surface area contributed by atoms with E-state index in [0.717, 1.165) is 38.9 Å². The third-order valence-electron chi connectivity index (χ3n) is 7.62. The summed E-state index contributed by atoms with van der Waals surface area (Å²) in [6.07, 6.45) is 3.11. The highest BCUT2D eigenvalue weighted by atomic mass is 16.4. The number of carbonyl (C=O) groups is 3. The van der Waals surface area contributed by atoms with Crippen LogP contribution in [0.2, 0.25) is 0 Å². The maximum atomic E-state index is 12.5. The Morgan fingerprint density at radius 1 is 0.974 bits per heavy atom. The van der Waals surface area contributed by atoms with E-state index in [-0.39, 0.29) is 17.3 Å². The van der Waals surface area contributed by atoms with Gasteiger partial charge in [0.1, 0.15) is 5.92 Å². The second-order valence-electron chi connectivity index (χ2n) is 10.2. The number of urea groups is 1. The van der Waals surface area contributed by atoms with Crippen molar-refractivity contribution in [3.05, 3.63) is 77.0 Å². The van der Waals surface area contributed by atoms with Gasteiger partial charge in [0, 0.05) is 29.6 Å². The van der Waals surface area contributed by atoms with Gasteiger partial charge in [-0.1, -0.05) is 42.5 Å². The van der Waals surface area contributed by atoms with Crippen molar-refractivity contribution in [1.82, 2.24) is 10.2 Å². The minimum atomic E-state index is -1.21. The quantitative estimate of drug-likeness (QED) is 0.347. The van der Waals surface area contributed by atoms with Crippen LogP contribution >= 0.6 is 0 Å². The van der Waals surface area contributed by atoms with Crippen LogP contribution in [-0.2, 0) is 9.59 Å². The van der Waals surface area contributed by atoms with E-state index >= 15 is 0 Å². The molecule has 0 saturated carbocycles. The van der Waals surface area contributed by atoms with Gasteiger partial charge < -0.3 is 25.7 Å². The first-order valence-electron chi connectivity index (χ1n) is 13.4. The molecular weight excluding hydrogens is 496 g/mol. The zero-order valence-electron chi connectivity index (χ0n) is 22.4. The molecule has 2 atom stereocenters. The monoisotopic (exact) mass is 532 g/mol. The Bertz CT molecular complexity index is 1270. The normalized spacial score (nSPS) is 20.3. The van der Waals surface area contributed by atoms with Gasteiger partial charge in [-0.3, -0.25) is 9.79 Å². The Kier molecular flexibility index (Phi) is 9.14. The van der Waals surface area contributed by atoms with Crippen LogP contribution in [-0.4, -0.2) is 65.0 Å². The number of carbonyl (C=O) groups excluding carboxylic acids is 1. The highest BCUT2D eigenvalue weighted by Gasteiger charge is 2.41. The standard InChI is InChI=1S/C30H36N4O5/c1-19-25(28(35)36)27(26(29(37)38)20(2)32-19)23-10-6-11-24(18-23)33-30(39)31-14-7-15-34-16-12-22(13-17-34)21-8-4-3-5-9-21/h3-6,8-11,18,22,25,27H,7,12-17H2,1-2H3,(H,35,36)(H,37,38)(H2,31,33,39). The van der Waals surface area contributed by atoms with Crippen LogP contribution in [0.1, 0.15) is 56.1 Å². The Hall–Kier alpha value is -3.98. The lowest BCUT2D eigenvalue weighted by molar-refractivity contribution is -0.140. The first-order chi connectivity index (χ1) is 18.7. The van der Waals surface area contributed by atoms with Crippen LogP contribution in [0.4, 0.5) is 10.5 Å². The molecule has 2 heterocycles. The fourth-order valence-electron chi connectivity index (χ4n) is 5.70. The number of allylic oxidation sites excluding steroid dienone is 1. The fourth-order valence-corrected chi connectivity index (χ4v) is 5.70. The number of anilines is 1. The molecular formula is C30H36N4O5. The molecule has 0 aliphatic carbocycles. The Labute approximate surface area is 228 Å². The minimum Gasteiger partial charge on any atom is -0.481 e. The molecule has 9 nitrogen and oxygen atoms in total. The highest BCUT2D eigenvalue weighted by molar-refractivity contribution is 6.06. The Balaban J connectivity index is 1.29. The molecule has 9 heteroatoms. The summed E-state index contributed by atoms with van der Waals surface area (Å²) in [4.78, 5) is 43.2. The average molecular weight is 533 g/mol. The zero-order valence-corrected chi connectivity index (χ0v) is 22.4. The molecule has 2 unspecified atom stereocenters. The number of hydrogen-bond acceptors (Lipinski definition) is 5. The lowest BCUT2D eigenvalue weighted by Gasteiger charge is -2.32. The first-order valence-corrected chi connectivity index (χ1v) is 13.4. The van der Waals surface area contributed by atoms with Gasteiger partial charge in [0.05, 0.1) is 5.57 Å². The smallest absolute Gasteiger partial charge is 0.334 e. The van der Waals surface area contributed by atoms with Gasteiger partial charge in [-0.25, -0.2) is 9.59 Å². The summed E-state index contributed by atoms with van der Waals surface area (Å²) in [5.74, 6) is -3.77. The van der Waals surface area contributed by atoms with Crippen molar-refractivity contribution >= 4 is 29.4 Å². The Morgan fingerprint density at radius 3 is 2.33 bits per heavy atom. The zero-order chi connectivity index (χ0) is 27.9. The molecule has 2 aliphatic heterocycles. The molecule has 2 aromatic carbocycles. The number of carboxylic acid groups (broad SMARTS) is 2. The van der Waals surface area contributed by atoms with Crippen molar-refractivity contribution < 1.29 is 24.6 Å². The first kappa shape index (κ1) is 28.0. The van der Waals surface area contributed by atoms with E-state index in [4.69, 9.17) is 0 Å². The van der Waals surface area contributed by atoms with Gasteiger partial charge in [0.2, 0.25) is 0 Å². The van der Waals surface area contributed by atoms with Crippen molar-refractivity contribution in [1.29, 1.82) is 0 Å². The Morgan fingerprint density at radius 2 is 1.67 bits per heavy atom. The number of benzene rings is 2. The van der Waals surface area contributed by atoms with Crippen LogP contribution < -0.4 is 10.6 Å². The lowest BCUT2D eigenvalue weighted by atomic mass is 9.75. The molecule has 39 heavy (non-hydrogen) atoms. The third kappa shape index (κ3) is 6.92. The van der Waals surface area contributed by atoms with Crippen LogP contribution in [0.3, 0.4) is 0 Å². The van der Waals surface area contributed by atoms with Gasteiger partial charge >= 0.3 is 18.0 Å². The number of nitrogens with zero attached hydrogens (tertiary/aromatic N) is 2. The predicted molar refractivity (Wildman–Crippen MR) is 150 cm³/mol. The van der Waals surface area contributed by atoms with Gasteiger partial charge in [0.15, 0.2) is 0 Å². The van der Waals surface area contributed by atoms with Crippen molar-refractivity contribution in [2.75, 3.05) is 31.5 Å². The van der Waals surface area contributed by atoms with E-state index in [1.54, 1.807) is 38.1 Å². The maximum absolute atomic E-state index is 12.5. The summed E-state index contributed by atoms with van der Waals surface area (Å²) in [5, 5.41) is 25.3. The van der Waals surface area contributed by atoms with Gasteiger partial charge in [0.25, 0.3) is 0 Å². The summed E-state index contributed by atoms with van der Waals surface area (Å²) in [5.41, 5.74) is 2.93. The van der Waals surface area contributed by atoms with Crippen molar-refractivity contribution in [2.24, 2.45) is 10.9 Å². The molecule has 0 radical (unpaired) electrons. The summed E-state index contributed by atoms with van der Waals surface area (Å²) < 4.78 is 0. The number of hydrogen-bond donors (Lipinski definition) is 4. The molecule has 1 saturated heterocycles. The fraction of sp³-hybridized carbons (Fsp3) is 0.400. The number of carboxylic acids is 2. The van der Waals surface area contributed by atoms with Crippen molar-refractivity contribution in [3.8, 4) is 0 Å². The summed E-state index contributed by atoms with van der Waals surface area (Å²) in [6.45, 7) is 6.70. The molecule has 0 aromatic heterocycles. The largest absolute Gasteiger partial charge is 0.481 e. The van der Waals surface area contributed by atoms with Crippen molar-refractivity contribution in [2.45, 2.75) is 44.9 Å². The lowest BCUT2D eigenvalue weighted by Crippen LogP contribution is -2.36. The molecule has 4 rings (SSSR count). The molecule has 2 aromatic rings. The third-order valence-corrected chi connectivity index (χ3v) is 7.62. The molecule has 0 spiro atoms. The van der Waals surface area contributed by atoms with E-state index < -0.39 is 23.8 Å². The molecule has 0 bridgehead atoms. The maximum Gasteiger partial charge on any atom is 0.334 e. The summed E-state index contributed by atoms with van der Waals surface area (Å²) in [7, 11) is 0. The van der Waals surface area contributed by atoms with E-state index in [1.165, 1.54) is 5.56 Å². The number of aliphatic imine (C=N–C) groups is 1. The van der Waals surface area contributed by atoms with E-state index in [2.05, 4.69) is 44.8 Å². The van der Waals surface area contributed by atoms with Crippen LogP contribution in [0.15, 0.2) is 70.9 Å². The summed E-state index contributed by atoms with van der Waals surface area (Å²) in [6, 6.07) is 17.0. The minimum absolute atomic E-state index is 0.0533. The van der Waals surface area contributed by atoms with Crippen LogP contribution in [0.5, 0.6) is 0 Å².